The van der Waals surface area contributed by atoms with Crippen molar-refractivity contribution in [2.45, 2.75) is 0 Å². The number of carbonyl (C=O) groups excluding carboxylic acids is 1. The fraction of sp³-hybridized carbons (Fsp3) is 0.300. The van der Waals surface area contributed by atoms with E-state index in [2.05, 4.69) is 5.32 Å². The Hall–Kier alpha value is -1.69. The number of halogens is 2. The molecule has 0 radical (unpaired) electrons. The first-order chi connectivity index (χ1) is 7.61. The second kappa shape index (κ2) is 6.02. The van der Waals surface area contributed by atoms with Crippen molar-refractivity contribution in [3.05, 3.63) is 29.8 Å². The number of ether oxygens (including phenoxy) is 1. The molecule has 0 heterocycles. The highest BCUT2D eigenvalue weighted by Gasteiger charge is 2.04. The Morgan fingerprint density at radius 3 is 2.50 bits per heavy atom. The number of carbonyl (C=O) groups is 1. The maximum absolute atomic E-state index is 12.7. The van der Waals surface area contributed by atoms with Gasteiger partial charge in [-0.25, -0.2) is 8.78 Å². The monoisotopic (exact) mass is 231 g/mol. The van der Waals surface area contributed by atoms with E-state index in [-0.39, 0.29) is 25.5 Å². The summed E-state index contributed by atoms with van der Waals surface area (Å²) in [5, 5.41) is 10.7. The van der Waals surface area contributed by atoms with E-state index in [1.165, 1.54) is 0 Å². The number of nitrogens with one attached hydrogen (secondary N) is 1. The Labute approximate surface area is 90.8 Å². The van der Waals surface area contributed by atoms with Gasteiger partial charge in [0.2, 0.25) is 0 Å². The van der Waals surface area contributed by atoms with Crippen LogP contribution in [0.15, 0.2) is 18.2 Å². The van der Waals surface area contributed by atoms with Gasteiger partial charge in [0, 0.05) is 24.7 Å². The molecule has 2 N–H and O–H groups in total. The van der Waals surface area contributed by atoms with Crippen molar-refractivity contribution in [2.75, 3.05) is 19.8 Å². The largest absolute Gasteiger partial charge is 0.484 e. The first kappa shape index (κ1) is 12.4. The minimum absolute atomic E-state index is 0.0587. The molecule has 0 unspecified atom stereocenters. The van der Waals surface area contributed by atoms with Crippen molar-refractivity contribution in [3.63, 3.8) is 0 Å². The highest BCUT2D eigenvalue weighted by molar-refractivity contribution is 5.77. The normalized spacial score (nSPS) is 9.94. The first-order valence-corrected chi connectivity index (χ1v) is 4.58. The molecule has 0 saturated heterocycles. The summed E-state index contributed by atoms with van der Waals surface area (Å²) in [6.07, 6.45) is 0. The van der Waals surface area contributed by atoms with Gasteiger partial charge in [0.1, 0.15) is 17.4 Å². The standard InChI is InChI=1S/C10H11F2NO3/c11-7-3-8(12)5-9(4-7)16-6-10(15)13-1-2-14/h3-5,14H,1-2,6H2,(H,13,15). The van der Waals surface area contributed by atoms with Crippen LogP contribution in [0, 0.1) is 11.6 Å². The fourth-order valence-corrected chi connectivity index (χ4v) is 1.01. The van der Waals surface area contributed by atoms with E-state index in [1.807, 2.05) is 0 Å². The third kappa shape index (κ3) is 4.22. The van der Waals surface area contributed by atoms with Gasteiger partial charge in [-0.15, -0.1) is 0 Å². The second-order valence-corrected chi connectivity index (χ2v) is 2.97. The van der Waals surface area contributed by atoms with Gasteiger partial charge in [0.15, 0.2) is 6.61 Å². The molecular weight excluding hydrogens is 220 g/mol. The molecule has 0 spiro atoms. The lowest BCUT2D eigenvalue weighted by molar-refractivity contribution is -0.123. The van der Waals surface area contributed by atoms with Crippen LogP contribution in [0.4, 0.5) is 8.78 Å². The van der Waals surface area contributed by atoms with Crippen LogP contribution in [0.3, 0.4) is 0 Å². The van der Waals surface area contributed by atoms with Crippen LogP contribution in [0.25, 0.3) is 0 Å². The van der Waals surface area contributed by atoms with E-state index >= 15 is 0 Å². The zero-order valence-electron chi connectivity index (χ0n) is 8.37. The van der Waals surface area contributed by atoms with Gasteiger partial charge in [-0.1, -0.05) is 0 Å². The van der Waals surface area contributed by atoms with Crippen LogP contribution in [0.1, 0.15) is 0 Å². The smallest absolute Gasteiger partial charge is 0.258 e. The molecular formula is C10H11F2NO3. The summed E-state index contributed by atoms with van der Waals surface area (Å²) < 4.78 is 30.3. The van der Waals surface area contributed by atoms with Gasteiger partial charge < -0.3 is 15.2 Å². The van der Waals surface area contributed by atoms with E-state index in [0.717, 1.165) is 12.1 Å². The number of amides is 1. The molecule has 1 amide bonds. The summed E-state index contributed by atoms with van der Waals surface area (Å²) in [5.41, 5.74) is 0. The quantitative estimate of drug-likeness (QED) is 0.773. The van der Waals surface area contributed by atoms with Gasteiger partial charge in [-0.3, -0.25) is 4.79 Å². The lowest BCUT2D eigenvalue weighted by Crippen LogP contribution is -2.31. The molecule has 0 aromatic heterocycles. The number of benzene rings is 1. The zero-order chi connectivity index (χ0) is 12.0. The average molecular weight is 231 g/mol. The molecule has 4 nitrogen and oxygen atoms in total. The van der Waals surface area contributed by atoms with Crippen LogP contribution in [-0.4, -0.2) is 30.8 Å². The Bertz CT molecular complexity index is 351. The van der Waals surface area contributed by atoms with Crippen LogP contribution < -0.4 is 10.1 Å². The minimum atomic E-state index is -0.772. The second-order valence-electron chi connectivity index (χ2n) is 2.97. The first-order valence-electron chi connectivity index (χ1n) is 4.58. The van der Waals surface area contributed by atoms with E-state index < -0.39 is 17.5 Å². The molecule has 6 heteroatoms. The van der Waals surface area contributed by atoms with Crippen LogP contribution in [0.5, 0.6) is 5.75 Å². The lowest BCUT2D eigenvalue weighted by Gasteiger charge is -2.06. The van der Waals surface area contributed by atoms with Crippen molar-refractivity contribution >= 4 is 5.91 Å². The molecule has 1 aromatic carbocycles. The Morgan fingerprint density at radius 1 is 1.31 bits per heavy atom. The zero-order valence-corrected chi connectivity index (χ0v) is 8.37. The molecule has 1 aromatic rings. The third-order valence-electron chi connectivity index (χ3n) is 1.64. The van der Waals surface area contributed by atoms with E-state index in [0.29, 0.717) is 6.07 Å². The van der Waals surface area contributed by atoms with Gasteiger partial charge in [-0.05, 0) is 0 Å². The predicted molar refractivity (Wildman–Crippen MR) is 51.9 cm³/mol. The number of aliphatic hydroxyl groups is 1. The molecule has 0 bridgehead atoms. The third-order valence-corrected chi connectivity index (χ3v) is 1.64. The number of hydrogen-bond donors (Lipinski definition) is 2. The topological polar surface area (TPSA) is 58.6 Å². The summed E-state index contributed by atoms with van der Waals surface area (Å²) in [6, 6.07) is 2.66. The van der Waals surface area contributed by atoms with E-state index in [4.69, 9.17) is 9.84 Å². The molecule has 0 fully saturated rings. The van der Waals surface area contributed by atoms with Crippen LogP contribution in [0.2, 0.25) is 0 Å². The van der Waals surface area contributed by atoms with Gasteiger partial charge in [-0.2, -0.15) is 0 Å². The molecule has 88 valence electrons. The molecule has 0 saturated carbocycles. The summed E-state index contributed by atoms with van der Waals surface area (Å²) in [4.78, 5) is 11.0. The molecule has 0 atom stereocenters. The van der Waals surface area contributed by atoms with Crippen LogP contribution in [-0.2, 0) is 4.79 Å². The SMILES string of the molecule is O=C(COc1cc(F)cc(F)c1)NCCO. The van der Waals surface area contributed by atoms with Gasteiger partial charge in [0.05, 0.1) is 6.61 Å². The number of aliphatic hydroxyl groups excluding tert-OH is 1. The Kier molecular flexibility index (Phi) is 4.65. The summed E-state index contributed by atoms with van der Waals surface area (Å²) in [7, 11) is 0. The summed E-state index contributed by atoms with van der Waals surface area (Å²) >= 11 is 0. The van der Waals surface area contributed by atoms with Gasteiger partial charge >= 0.3 is 0 Å². The van der Waals surface area contributed by atoms with Crippen molar-refractivity contribution < 1.29 is 23.4 Å². The number of hydrogen-bond acceptors (Lipinski definition) is 3. The lowest BCUT2D eigenvalue weighted by atomic mass is 10.3. The minimum Gasteiger partial charge on any atom is -0.484 e. The molecule has 16 heavy (non-hydrogen) atoms. The maximum Gasteiger partial charge on any atom is 0.258 e. The van der Waals surface area contributed by atoms with Crippen molar-refractivity contribution in [3.8, 4) is 5.75 Å². The highest BCUT2D eigenvalue weighted by atomic mass is 19.1. The van der Waals surface area contributed by atoms with Gasteiger partial charge in [0.25, 0.3) is 5.91 Å². The van der Waals surface area contributed by atoms with Crippen LogP contribution >= 0.6 is 0 Å². The van der Waals surface area contributed by atoms with E-state index in [9.17, 15) is 13.6 Å². The summed E-state index contributed by atoms with van der Waals surface area (Å²) in [5.74, 6) is -2.08. The van der Waals surface area contributed by atoms with E-state index in [1.54, 1.807) is 0 Å². The molecule has 0 aliphatic rings. The Morgan fingerprint density at radius 2 is 1.94 bits per heavy atom. The molecule has 1 rings (SSSR count). The predicted octanol–water partition coefficient (Wildman–Crippen LogP) is 0.452. The fourth-order valence-electron chi connectivity index (χ4n) is 1.01. The molecule has 0 aliphatic carbocycles. The maximum atomic E-state index is 12.7. The summed E-state index contributed by atoms with van der Waals surface area (Å²) in [6.45, 7) is -0.428. The van der Waals surface area contributed by atoms with Crippen molar-refractivity contribution in [1.29, 1.82) is 0 Å². The van der Waals surface area contributed by atoms with Crippen molar-refractivity contribution in [2.24, 2.45) is 0 Å². The Balaban J connectivity index is 2.45. The molecule has 0 aliphatic heterocycles. The number of rotatable bonds is 5. The van der Waals surface area contributed by atoms with Crippen molar-refractivity contribution in [1.82, 2.24) is 5.32 Å². The average Bonchev–Trinajstić information content (AvgIpc) is 2.22. The highest BCUT2D eigenvalue weighted by Crippen LogP contribution is 2.14.